The van der Waals surface area contributed by atoms with E-state index in [9.17, 15) is 14.4 Å². The zero-order chi connectivity index (χ0) is 29.7. The third-order valence-electron chi connectivity index (χ3n) is 7.61. The van der Waals surface area contributed by atoms with Crippen molar-refractivity contribution < 1.29 is 29.3 Å². The Morgan fingerprint density at radius 1 is 0.833 bits per heavy atom. The van der Waals surface area contributed by atoms with Crippen molar-refractivity contribution in [2.75, 3.05) is 32.8 Å². The van der Waals surface area contributed by atoms with Gasteiger partial charge in [0.1, 0.15) is 5.75 Å². The second kappa shape index (κ2) is 15.5. The van der Waals surface area contributed by atoms with Crippen LogP contribution in [-0.4, -0.2) is 70.6 Å². The number of benzene rings is 3. The molecule has 8 nitrogen and oxygen atoms in total. The number of carboxylic acids is 2. The fourth-order valence-electron chi connectivity index (χ4n) is 5.36. The van der Waals surface area contributed by atoms with Crippen molar-refractivity contribution in [1.82, 2.24) is 9.80 Å². The average molecular weight is 571 g/mol. The molecule has 1 amide bonds. The number of ether oxygens (including phenoxy) is 1. The number of hydrogen-bond donors (Lipinski definition) is 2. The first-order valence-electron chi connectivity index (χ1n) is 14.4. The summed E-state index contributed by atoms with van der Waals surface area (Å²) in [6.45, 7) is 5.63. The smallest absolute Gasteiger partial charge is 0.328 e. The molecule has 1 saturated heterocycles. The van der Waals surface area contributed by atoms with Gasteiger partial charge in [0.25, 0.3) is 5.91 Å². The summed E-state index contributed by atoms with van der Waals surface area (Å²) in [4.78, 5) is 36.4. The molecule has 3 aromatic rings. The van der Waals surface area contributed by atoms with Gasteiger partial charge >= 0.3 is 11.9 Å². The van der Waals surface area contributed by atoms with Crippen LogP contribution in [0.4, 0.5) is 0 Å². The Hall–Kier alpha value is -4.43. The number of nitrogens with zero attached hydrogens (tertiary/aromatic N) is 2. The Morgan fingerprint density at radius 3 is 2.17 bits per heavy atom. The summed E-state index contributed by atoms with van der Waals surface area (Å²) in [5.41, 5.74) is 4.67. The summed E-state index contributed by atoms with van der Waals surface area (Å²) in [6.07, 6.45) is 5.37. The van der Waals surface area contributed by atoms with E-state index in [1.165, 1.54) is 16.7 Å². The molecular weight excluding hydrogens is 532 g/mol. The van der Waals surface area contributed by atoms with Crippen LogP contribution in [0.1, 0.15) is 39.9 Å². The van der Waals surface area contributed by atoms with Gasteiger partial charge < -0.3 is 24.7 Å². The quantitative estimate of drug-likeness (QED) is 0.315. The number of carbonyl (C=O) groups is 3. The van der Waals surface area contributed by atoms with E-state index in [0.717, 1.165) is 69.7 Å². The molecule has 0 atom stereocenters. The van der Waals surface area contributed by atoms with E-state index < -0.39 is 11.9 Å². The molecule has 0 aliphatic carbocycles. The van der Waals surface area contributed by atoms with Crippen molar-refractivity contribution in [1.29, 1.82) is 0 Å². The number of aliphatic carboxylic acids is 2. The van der Waals surface area contributed by atoms with E-state index in [1.807, 2.05) is 29.2 Å². The monoisotopic (exact) mass is 570 g/mol. The van der Waals surface area contributed by atoms with Crippen LogP contribution < -0.4 is 4.74 Å². The standard InChI is InChI=1S/C30H34N2O2.C4H4O4/c33-30-28-12-6-4-11-27(28)23-32(30)22-25-14-18-31(19-15-25)20-16-26-10-5-7-13-29(26)34-21-17-24-8-2-1-3-9-24;5-3(6)1-2-4(7)8/h1-13,25H,14-23H2;1-2H,(H,5,6)(H,7,8). The molecule has 1 fully saturated rings. The van der Waals surface area contributed by atoms with Gasteiger partial charge in [-0.15, -0.1) is 0 Å². The Bertz CT molecular complexity index is 1350. The number of hydrogen-bond acceptors (Lipinski definition) is 5. The highest BCUT2D eigenvalue weighted by Crippen LogP contribution is 2.27. The first-order chi connectivity index (χ1) is 20.4. The second-order valence-corrected chi connectivity index (χ2v) is 10.6. The van der Waals surface area contributed by atoms with Gasteiger partial charge in [-0.2, -0.15) is 0 Å². The molecule has 8 heteroatoms. The van der Waals surface area contributed by atoms with Gasteiger partial charge in [0.2, 0.25) is 0 Å². The summed E-state index contributed by atoms with van der Waals surface area (Å²) in [7, 11) is 0. The zero-order valence-corrected chi connectivity index (χ0v) is 23.7. The average Bonchev–Trinajstić information content (AvgIpc) is 3.32. The van der Waals surface area contributed by atoms with Crippen molar-refractivity contribution in [2.24, 2.45) is 5.92 Å². The minimum absolute atomic E-state index is 0.210. The zero-order valence-electron chi connectivity index (χ0n) is 23.7. The highest BCUT2D eigenvalue weighted by molar-refractivity contribution is 5.98. The van der Waals surface area contributed by atoms with E-state index in [0.29, 0.717) is 24.7 Å². The minimum atomic E-state index is -1.26. The maximum absolute atomic E-state index is 12.7. The molecule has 5 rings (SSSR count). The predicted molar refractivity (Wildman–Crippen MR) is 161 cm³/mol. The number of fused-ring (bicyclic) bond motifs is 1. The lowest BCUT2D eigenvalue weighted by molar-refractivity contribution is -0.134. The molecular formula is C34H38N2O6. The van der Waals surface area contributed by atoms with E-state index in [4.69, 9.17) is 14.9 Å². The van der Waals surface area contributed by atoms with Crippen LogP contribution in [-0.2, 0) is 29.0 Å². The predicted octanol–water partition coefficient (Wildman–Crippen LogP) is 4.93. The summed E-state index contributed by atoms with van der Waals surface area (Å²) < 4.78 is 6.15. The van der Waals surface area contributed by atoms with Gasteiger partial charge in [0, 0.05) is 43.8 Å². The Balaban J connectivity index is 0.000000446. The lowest BCUT2D eigenvalue weighted by atomic mass is 9.96. The van der Waals surface area contributed by atoms with Crippen LogP contribution in [0.25, 0.3) is 0 Å². The number of rotatable bonds is 11. The second-order valence-electron chi connectivity index (χ2n) is 10.6. The van der Waals surface area contributed by atoms with E-state index in [-0.39, 0.29) is 5.91 Å². The van der Waals surface area contributed by atoms with Gasteiger partial charge in [-0.1, -0.05) is 66.7 Å². The van der Waals surface area contributed by atoms with Crippen LogP contribution >= 0.6 is 0 Å². The third kappa shape index (κ3) is 9.31. The highest BCUT2D eigenvalue weighted by atomic mass is 16.5. The Labute approximate surface area is 246 Å². The highest BCUT2D eigenvalue weighted by Gasteiger charge is 2.30. The molecule has 0 bridgehead atoms. The minimum Gasteiger partial charge on any atom is -0.493 e. The molecule has 0 spiro atoms. The van der Waals surface area contributed by atoms with Crippen LogP contribution in [0.2, 0.25) is 0 Å². The van der Waals surface area contributed by atoms with Crippen molar-refractivity contribution in [3.63, 3.8) is 0 Å². The molecule has 2 heterocycles. The van der Waals surface area contributed by atoms with E-state index in [1.54, 1.807) is 0 Å². The summed E-state index contributed by atoms with van der Waals surface area (Å²) in [5.74, 6) is -0.690. The largest absolute Gasteiger partial charge is 0.493 e. The molecule has 220 valence electrons. The van der Waals surface area contributed by atoms with Crippen LogP contribution in [0.15, 0.2) is 91.0 Å². The first-order valence-corrected chi connectivity index (χ1v) is 14.4. The topological polar surface area (TPSA) is 107 Å². The molecule has 0 aromatic heterocycles. The Kier molecular flexibility index (Phi) is 11.3. The van der Waals surface area contributed by atoms with Gasteiger partial charge in [0.05, 0.1) is 6.61 Å². The number of para-hydroxylation sites is 1. The molecule has 0 saturated carbocycles. The van der Waals surface area contributed by atoms with Crippen LogP contribution in [0, 0.1) is 5.92 Å². The van der Waals surface area contributed by atoms with Crippen LogP contribution in [0.5, 0.6) is 5.75 Å². The number of carboxylic acid groups (broad SMARTS) is 2. The molecule has 2 N–H and O–H groups in total. The van der Waals surface area contributed by atoms with E-state index in [2.05, 4.69) is 59.5 Å². The normalized spacial score (nSPS) is 15.2. The molecule has 2 aliphatic heterocycles. The van der Waals surface area contributed by atoms with Crippen molar-refractivity contribution in [3.05, 3.63) is 113 Å². The lowest BCUT2D eigenvalue weighted by Crippen LogP contribution is -2.39. The number of piperidine rings is 1. The molecule has 2 aliphatic rings. The van der Waals surface area contributed by atoms with Gasteiger partial charge in [0.15, 0.2) is 0 Å². The maximum atomic E-state index is 12.7. The summed E-state index contributed by atoms with van der Waals surface area (Å²) in [6, 6.07) is 27.0. The number of likely N-dealkylation sites (tertiary alicyclic amines) is 1. The first kappa shape index (κ1) is 30.5. The lowest BCUT2D eigenvalue weighted by Gasteiger charge is -2.34. The fraction of sp³-hybridized carbons (Fsp3) is 0.324. The van der Waals surface area contributed by atoms with E-state index >= 15 is 0 Å². The molecule has 0 unspecified atom stereocenters. The van der Waals surface area contributed by atoms with Gasteiger partial charge in [-0.05, 0) is 67.1 Å². The SMILES string of the molecule is O=C(O)C=CC(=O)O.O=C1c2ccccc2CN1CC1CCN(CCc2ccccc2OCCc2ccccc2)CC1. The number of amides is 1. The summed E-state index contributed by atoms with van der Waals surface area (Å²) >= 11 is 0. The van der Waals surface area contributed by atoms with Crippen molar-refractivity contribution in [3.8, 4) is 5.75 Å². The summed E-state index contributed by atoms with van der Waals surface area (Å²) in [5, 5.41) is 15.6. The van der Waals surface area contributed by atoms with Crippen molar-refractivity contribution >= 4 is 17.8 Å². The van der Waals surface area contributed by atoms with Gasteiger partial charge in [-0.25, -0.2) is 9.59 Å². The van der Waals surface area contributed by atoms with Gasteiger partial charge in [-0.3, -0.25) is 4.79 Å². The fourth-order valence-corrected chi connectivity index (χ4v) is 5.36. The number of carbonyl (C=O) groups excluding carboxylic acids is 1. The third-order valence-corrected chi connectivity index (χ3v) is 7.61. The molecule has 0 radical (unpaired) electrons. The maximum Gasteiger partial charge on any atom is 0.328 e. The van der Waals surface area contributed by atoms with Crippen LogP contribution in [0.3, 0.4) is 0 Å². The Morgan fingerprint density at radius 2 is 1.48 bits per heavy atom. The van der Waals surface area contributed by atoms with Crippen molar-refractivity contribution in [2.45, 2.75) is 32.2 Å². The molecule has 3 aromatic carbocycles. The molecule has 42 heavy (non-hydrogen) atoms.